The fourth-order valence-electron chi connectivity index (χ4n) is 1.22. The highest BCUT2D eigenvalue weighted by molar-refractivity contribution is 6.76. The Bertz CT molecular complexity index is 357. The number of aromatic carboxylic acids is 1. The lowest BCUT2D eigenvalue weighted by molar-refractivity contribution is 0.0679. The molecule has 0 saturated carbocycles. The zero-order valence-corrected chi connectivity index (χ0v) is 10.9. The maximum Gasteiger partial charge on any atom is 0.354 e. The van der Waals surface area contributed by atoms with E-state index in [2.05, 4.69) is 24.7 Å². The molecule has 1 aromatic rings. The number of carboxylic acids is 1. The van der Waals surface area contributed by atoms with Crippen LogP contribution >= 0.6 is 0 Å². The molecule has 0 aliphatic heterocycles. The third kappa shape index (κ3) is 4.16. The number of ether oxygens (including phenoxy) is 1. The third-order valence-corrected chi connectivity index (χ3v) is 2.99. The van der Waals surface area contributed by atoms with Gasteiger partial charge in [-0.1, -0.05) is 19.6 Å². The van der Waals surface area contributed by atoms with Crippen LogP contribution in [0, 0.1) is 0 Å². The van der Waals surface area contributed by atoms with Gasteiger partial charge in [-0.25, -0.2) is 4.79 Å². The second-order valence-electron chi connectivity index (χ2n) is 4.86. The van der Waals surface area contributed by atoms with Gasteiger partial charge in [0.2, 0.25) is 0 Å². The molecular weight excluding hydrogens is 224 g/mol. The van der Waals surface area contributed by atoms with Crippen LogP contribution in [0.2, 0.25) is 19.6 Å². The highest BCUT2D eigenvalue weighted by Gasteiger charge is 2.13. The minimum atomic E-state index is -1.18. The van der Waals surface area contributed by atoms with E-state index in [0.29, 0.717) is 13.2 Å². The van der Waals surface area contributed by atoms with Gasteiger partial charge in [0.05, 0.1) is 21.2 Å². The lowest BCUT2D eigenvalue weighted by Gasteiger charge is -2.15. The molecule has 0 unspecified atom stereocenters. The van der Waals surface area contributed by atoms with Crippen molar-refractivity contribution in [2.24, 2.45) is 0 Å². The Morgan fingerprint density at radius 3 is 2.81 bits per heavy atom. The molecule has 0 saturated heterocycles. The molecular formula is C10H18N2O3Si. The van der Waals surface area contributed by atoms with Crippen LogP contribution < -0.4 is 0 Å². The number of hydrogen-bond donors (Lipinski definition) is 1. The van der Waals surface area contributed by atoms with Crippen LogP contribution in [0.15, 0.2) is 12.3 Å². The lowest BCUT2D eigenvalue weighted by atomic mass is 10.4. The molecule has 5 nitrogen and oxygen atoms in total. The Morgan fingerprint density at radius 2 is 2.25 bits per heavy atom. The average Bonchev–Trinajstić information content (AvgIpc) is 2.58. The molecule has 16 heavy (non-hydrogen) atoms. The van der Waals surface area contributed by atoms with Crippen molar-refractivity contribution < 1.29 is 14.6 Å². The molecule has 0 amide bonds. The van der Waals surface area contributed by atoms with Crippen LogP contribution in [0.4, 0.5) is 0 Å². The maximum atomic E-state index is 10.8. The Morgan fingerprint density at radius 1 is 1.56 bits per heavy atom. The molecule has 1 aromatic heterocycles. The molecule has 1 rings (SSSR count). The molecule has 0 radical (unpaired) electrons. The summed E-state index contributed by atoms with van der Waals surface area (Å²) >= 11 is 0. The zero-order valence-electron chi connectivity index (χ0n) is 9.93. The highest BCUT2D eigenvalue weighted by atomic mass is 28.3. The minimum absolute atomic E-state index is 0.205. The van der Waals surface area contributed by atoms with Gasteiger partial charge in [-0.05, 0) is 6.07 Å². The Labute approximate surface area is 96.0 Å². The summed E-state index contributed by atoms with van der Waals surface area (Å²) in [7, 11) is -1.18. The van der Waals surface area contributed by atoms with E-state index in [1.54, 1.807) is 0 Å². The van der Waals surface area contributed by atoms with Crippen molar-refractivity contribution in [1.82, 2.24) is 9.78 Å². The smallest absolute Gasteiger partial charge is 0.354 e. The summed E-state index contributed by atoms with van der Waals surface area (Å²) in [6, 6.07) is 1.49. The van der Waals surface area contributed by atoms with E-state index in [9.17, 15) is 4.79 Å². The number of hydrogen-bond acceptors (Lipinski definition) is 3. The van der Waals surface area contributed by atoms with Gasteiger partial charge in [-0.2, -0.15) is 5.10 Å². The van der Waals surface area contributed by atoms with Crippen LogP contribution in [0.3, 0.4) is 0 Å². The topological polar surface area (TPSA) is 64.4 Å². The second kappa shape index (κ2) is 5.27. The summed E-state index contributed by atoms with van der Waals surface area (Å²) in [5.41, 5.74) is 0.205. The fourth-order valence-corrected chi connectivity index (χ4v) is 1.98. The van der Waals surface area contributed by atoms with Gasteiger partial charge < -0.3 is 9.84 Å². The van der Waals surface area contributed by atoms with E-state index in [0.717, 1.165) is 6.23 Å². The van der Waals surface area contributed by atoms with Gasteiger partial charge >= 0.3 is 5.97 Å². The standard InChI is InChI=1S/C10H18N2O3Si/c1-16(2,3)8-15-7-6-12-9(10(13)14)4-5-11-12/h4-5H,6-8H2,1-3H3,(H,13,14). The lowest BCUT2D eigenvalue weighted by Crippen LogP contribution is -2.29. The van der Waals surface area contributed by atoms with Gasteiger partial charge in [-0.15, -0.1) is 0 Å². The van der Waals surface area contributed by atoms with Crippen molar-refractivity contribution in [3.8, 4) is 0 Å². The molecule has 6 heteroatoms. The Hall–Kier alpha value is -1.14. The molecule has 0 bridgehead atoms. The van der Waals surface area contributed by atoms with Crippen molar-refractivity contribution in [2.75, 3.05) is 12.8 Å². The summed E-state index contributed by atoms with van der Waals surface area (Å²) in [5, 5.41) is 12.8. The Kier molecular flexibility index (Phi) is 4.25. The van der Waals surface area contributed by atoms with Crippen LogP contribution in [0.25, 0.3) is 0 Å². The van der Waals surface area contributed by atoms with Crippen molar-refractivity contribution in [1.29, 1.82) is 0 Å². The third-order valence-electron chi connectivity index (χ3n) is 1.92. The first-order chi connectivity index (χ1) is 7.40. The van der Waals surface area contributed by atoms with Gasteiger partial charge in [-0.3, -0.25) is 4.68 Å². The maximum absolute atomic E-state index is 10.8. The van der Waals surface area contributed by atoms with Crippen molar-refractivity contribution in [3.05, 3.63) is 18.0 Å². The summed E-state index contributed by atoms with van der Waals surface area (Å²) in [4.78, 5) is 10.8. The summed E-state index contributed by atoms with van der Waals surface area (Å²) in [6.07, 6.45) is 2.28. The predicted molar refractivity (Wildman–Crippen MR) is 63.4 cm³/mol. The van der Waals surface area contributed by atoms with Crippen LogP contribution in [0.5, 0.6) is 0 Å². The molecule has 90 valence electrons. The van der Waals surface area contributed by atoms with Gasteiger partial charge in [0.1, 0.15) is 5.69 Å². The molecule has 0 aromatic carbocycles. The first kappa shape index (κ1) is 12.9. The zero-order chi connectivity index (χ0) is 12.2. The number of carbonyl (C=O) groups is 1. The Balaban J connectivity index is 2.38. The number of nitrogens with zero attached hydrogens (tertiary/aromatic N) is 2. The van der Waals surface area contributed by atoms with Crippen molar-refractivity contribution in [3.63, 3.8) is 0 Å². The van der Waals surface area contributed by atoms with E-state index >= 15 is 0 Å². The fraction of sp³-hybridized carbons (Fsp3) is 0.600. The SMILES string of the molecule is C[Si](C)(C)COCCn1nccc1C(=O)O. The minimum Gasteiger partial charge on any atom is -0.477 e. The van der Waals surface area contributed by atoms with Crippen LogP contribution in [0.1, 0.15) is 10.5 Å². The predicted octanol–water partition coefficient (Wildman–Crippen LogP) is 1.48. The second-order valence-corrected chi connectivity index (χ2v) is 10.3. The first-order valence-electron chi connectivity index (χ1n) is 5.23. The van der Waals surface area contributed by atoms with Crippen LogP contribution in [-0.4, -0.2) is 41.8 Å². The molecule has 0 aliphatic rings. The van der Waals surface area contributed by atoms with Gasteiger partial charge in [0.15, 0.2) is 0 Å². The number of rotatable bonds is 6. The molecule has 0 atom stereocenters. The van der Waals surface area contributed by atoms with Crippen molar-refractivity contribution in [2.45, 2.75) is 26.2 Å². The van der Waals surface area contributed by atoms with E-state index in [1.807, 2.05) is 0 Å². The van der Waals surface area contributed by atoms with E-state index in [1.165, 1.54) is 16.9 Å². The normalized spacial score (nSPS) is 11.7. The quantitative estimate of drug-likeness (QED) is 0.606. The van der Waals surface area contributed by atoms with Crippen molar-refractivity contribution >= 4 is 14.0 Å². The summed E-state index contributed by atoms with van der Waals surface area (Å²) in [5.74, 6) is -0.956. The van der Waals surface area contributed by atoms with E-state index < -0.39 is 14.0 Å². The average molecular weight is 242 g/mol. The van der Waals surface area contributed by atoms with Gasteiger partial charge in [0, 0.05) is 12.4 Å². The van der Waals surface area contributed by atoms with Crippen LogP contribution in [-0.2, 0) is 11.3 Å². The summed E-state index contributed by atoms with van der Waals surface area (Å²) < 4.78 is 6.97. The largest absolute Gasteiger partial charge is 0.477 e. The van der Waals surface area contributed by atoms with Gasteiger partial charge in [0.25, 0.3) is 0 Å². The summed E-state index contributed by atoms with van der Waals surface area (Å²) in [6.45, 7) is 7.67. The number of aromatic nitrogens is 2. The highest BCUT2D eigenvalue weighted by Crippen LogP contribution is 2.02. The monoisotopic (exact) mass is 242 g/mol. The molecule has 0 fully saturated rings. The molecule has 1 N–H and O–H groups in total. The molecule has 0 spiro atoms. The van der Waals surface area contributed by atoms with E-state index in [-0.39, 0.29) is 5.69 Å². The first-order valence-corrected chi connectivity index (χ1v) is 8.94. The molecule has 0 aliphatic carbocycles. The van der Waals surface area contributed by atoms with E-state index in [4.69, 9.17) is 9.84 Å². The molecule has 1 heterocycles. The number of carboxylic acid groups (broad SMARTS) is 1.